The van der Waals surface area contributed by atoms with Crippen molar-refractivity contribution < 1.29 is 5.11 Å². The van der Waals surface area contributed by atoms with Crippen molar-refractivity contribution in [3.8, 4) is 0 Å². The van der Waals surface area contributed by atoms with Crippen molar-refractivity contribution in [3.05, 3.63) is 6.33 Å². The summed E-state index contributed by atoms with van der Waals surface area (Å²) in [6.45, 7) is 2.64. The maximum atomic E-state index is 10.6. The van der Waals surface area contributed by atoms with Crippen LogP contribution in [0.3, 0.4) is 0 Å². The molecule has 2 unspecified atom stereocenters. The number of aromatic nitrogens is 4. The minimum absolute atomic E-state index is 0.177. The normalized spacial score (nSPS) is 26.8. The van der Waals surface area contributed by atoms with E-state index in [4.69, 9.17) is 5.73 Å². The molecule has 1 aliphatic rings. The molecular weight excluding hydrogens is 256 g/mol. The molecule has 0 amide bonds. The minimum atomic E-state index is -0.677. The van der Waals surface area contributed by atoms with Gasteiger partial charge >= 0.3 is 0 Å². The largest absolute Gasteiger partial charge is 0.388 e. The molecule has 7 heteroatoms. The molecule has 0 radical (unpaired) electrons. The zero-order chi connectivity index (χ0) is 14.2. The number of nitrogen functional groups attached to an aromatic ring is 1. The van der Waals surface area contributed by atoms with Crippen LogP contribution in [0.1, 0.15) is 32.6 Å². The number of imidazole rings is 1. The fourth-order valence-corrected chi connectivity index (χ4v) is 3.02. The summed E-state index contributed by atoms with van der Waals surface area (Å²) in [7, 11) is 0. The predicted octanol–water partition coefficient (Wildman–Crippen LogP) is 1.29. The van der Waals surface area contributed by atoms with Crippen molar-refractivity contribution in [3.63, 3.8) is 0 Å². The maximum absolute atomic E-state index is 10.6. The van der Waals surface area contributed by atoms with E-state index in [1.807, 2.05) is 0 Å². The highest BCUT2D eigenvalue weighted by Gasteiger charge is 2.32. The SMILES string of the molecule is CC1CCCC(O)(CNc2nc(N)nc3nc[nH]c23)C1. The van der Waals surface area contributed by atoms with Crippen molar-refractivity contribution >= 4 is 22.9 Å². The van der Waals surface area contributed by atoms with Gasteiger partial charge < -0.3 is 21.1 Å². The smallest absolute Gasteiger partial charge is 0.224 e. The number of nitrogens with two attached hydrogens (primary N) is 1. The van der Waals surface area contributed by atoms with Crippen LogP contribution in [0.2, 0.25) is 0 Å². The number of rotatable bonds is 3. The van der Waals surface area contributed by atoms with Gasteiger partial charge in [-0.1, -0.05) is 19.8 Å². The molecule has 7 nitrogen and oxygen atoms in total. The molecule has 3 rings (SSSR count). The highest BCUT2D eigenvalue weighted by atomic mass is 16.3. The van der Waals surface area contributed by atoms with Crippen molar-refractivity contribution in [1.29, 1.82) is 0 Å². The summed E-state index contributed by atoms with van der Waals surface area (Å²) in [5.74, 6) is 1.32. The second-order valence-corrected chi connectivity index (χ2v) is 5.81. The number of hydrogen-bond acceptors (Lipinski definition) is 6. The topological polar surface area (TPSA) is 113 Å². The number of H-pyrrole nitrogens is 1. The van der Waals surface area contributed by atoms with Gasteiger partial charge in [0.15, 0.2) is 11.5 Å². The van der Waals surface area contributed by atoms with Crippen LogP contribution in [0, 0.1) is 5.92 Å². The molecule has 5 N–H and O–H groups in total. The molecule has 2 aromatic rings. The lowest BCUT2D eigenvalue weighted by atomic mass is 9.79. The molecule has 0 aromatic carbocycles. The Kier molecular flexibility index (Phi) is 3.21. The summed E-state index contributed by atoms with van der Waals surface area (Å²) in [5.41, 5.74) is 6.24. The summed E-state index contributed by atoms with van der Waals surface area (Å²) in [4.78, 5) is 15.3. The van der Waals surface area contributed by atoms with Gasteiger partial charge in [-0.15, -0.1) is 0 Å². The van der Waals surface area contributed by atoms with Crippen molar-refractivity contribution in [1.82, 2.24) is 19.9 Å². The highest BCUT2D eigenvalue weighted by molar-refractivity contribution is 5.83. The molecule has 2 aromatic heterocycles. The van der Waals surface area contributed by atoms with Gasteiger partial charge in [-0.25, -0.2) is 4.98 Å². The maximum Gasteiger partial charge on any atom is 0.224 e. The van der Waals surface area contributed by atoms with E-state index in [1.165, 1.54) is 6.42 Å². The second-order valence-electron chi connectivity index (χ2n) is 5.81. The van der Waals surface area contributed by atoms with Crippen molar-refractivity contribution in [2.45, 2.75) is 38.2 Å². The third kappa shape index (κ3) is 2.53. The number of fused-ring (bicyclic) bond motifs is 1. The van der Waals surface area contributed by atoms with Crippen LogP contribution < -0.4 is 11.1 Å². The molecule has 1 saturated carbocycles. The Morgan fingerprint density at radius 3 is 3.20 bits per heavy atom. The summed E-state index contributed by atoms with van der Waals surface area (Å²) < 4.78 is 0. The first-order valence-electron chi connectivity index (χ1n) is 6.99. The average Bonchev–Trinajstić information content (AvgIpc) is 2.83. The van der Waals surface area contributed by atoms with E-state index in [-0.39, 0.29) is 5.95 Å². The van der Waals surface area contributed by atoms with Gasteiger partial charge in [-0.05, 0) is 18.8 Å². The number of nitrogens with zero attached hydrogens (tertiary/aromatic N) is 3. The van der Waals surface area contributed by atoms with Crippen molar-refractivity contribution in [2.24, 2.45) is 5.92 Å². The Morgan fingerprint density at radius 1 is 1.55 bits per heavy atom. The van der Waals surface area contributed by atoms with Gasteiger partial charge in [0.05, 0.1) is 11.9 Å². The Bertz CT molecular complexity index is 612. The first-order valence-corrected chi connectivity index (χ1v) is 6.99. The minimum Gasteiger partial charge on any atom is -0.388 e. The first-order chi connectivity index (χ1) is 9.56. The zero-order valence-corrected chi connectivity index (χ0v) is 11.6. The Hall–Kier alpha value is -1.89. The van der Waals surface area contributed by atoms with E-state index in [2.05, 4.69) is 32.2 Å². The molecule has 1 fully saturated rings. The molecular formula is C13H20N6O. The van der Waals surface area contributed by atoms with Crippen LogP contribution in [0.15, 0.2) is 6.33 Å². The zero-order valence-electron chi connectivity index (χ0n) is 11.6. The van der Waals surface area contributed by atoms with Gasteiger partial charge in [0.25, 0.3) is 0 Å². The third-order valence-electron chi connectivity index (χ3n) is 3.96. The van der Waals surface area contributed by atoms with Gasteiger partial charge in [-0.3, -0.25) is 0 Å². The average molecular weight is 276 g/mol. The van der Waals surface area contributed by atoms with Crippen LogP contribution >= 0.6 is 0 Å². The Morgan fingerprint density at radius 2 is 2.40 bits per heavy atom. The highest BCUT2D eigenvalue weighted by Crippen LogP contribution is 2.32. The molecule has 0 bridgehead atoms. The van der Waals surface area contributed by atoms with E-state index in [1.54, 1.807) is 6.33 Å². The van der Waals surface area contributed by atoms with E-state index in [0.29, 0.717) is 29.4 Å². The van der Waals surface area contributed by atoms with E-state index in [0.717, 1.165) is 19.3 Å². The summed E-state index contributed by atoms with van der Waals surface area (Å²) in [6.07, 6.45) is 5.43. The van der Waals surface area contributed by atoms with Crippen molar-refractivity contribution in [2.75, 3.05) is 17.6 Å². The molecule has 2 heterocycles. The van der Waals surface area contributed by atoms with Gasteiger partial charge in [0.1, 0.15) is 5.52 Å². The first kappa shape index (κ1) is 13.1. The molecule has 1 aliphatic carbocycles. The fourth-order valence-electron chi connectivity index (χ4n) is 3.02. The van der Waals surface area contributed by atoms with Crippen LogP contribution in [-0.2, 0) is 0 Å². The quantitative estimate of drug-likeness (QED) is 0.672. The number of aliphatic hydroxyl groups is 1. The lowest BCUT2D eigenvalue weighted by Gasteiger charge is -2.35. The molecule has 0 aliphatic heterocycles. The summed E-state index contributed by atoms with van der Waals surface area (Å²) in [6, 6.07) is 0. The lowest BCUT2D eigenvalue weighted by molar-refractivity contribution is -0.000803. The van der Waals surface area contributed by atoms with Crippen LogP contribution in [-0.4, -0.2) is 37.2 Å². The number of aromatic amines is 1. The molecule has 108 valence electrons. The monoisotopic (exact) mass is 276 g/mol. The Balaban J connectivity index is 1.78. The van der Waals surface area contributed by atoms with Crippen LogP contribution in [0.25, 0.3) is 11.2 Å². The molecule has 0 saturated heterocycles. The van der Waals surface area contributed by atoms with Crippen LogP contribution in [0.5, 0.6) is 0 Å². The van der Waals surface area contributed by atoms with Gasteiger partial charge in [-0.2, -0.15) is 9.97 Å². The van der Waals surface area contributed by atoms with Crippen LogP contribution in [0.4, 0.5) is 11.8 Å². The standard InChI is InChI=1S/C13H20N6O/c1-8-3-2-4-13(20,5-8)6-15-10-9-11(17-7-16-9)19-12(14)18-10/h7-8,20H,2-6H2,1H3,(H4,14,15,16,17,18,19). The summed E-state index contributed by atoms with van der Waals surface area (Å²) >= 11 is 0. The van der Waals surface area contributed by atoms with E-state index in [9.17, 15) is 5.11 Å². The Labute approximate surface area is 117 Å². The van der Waals surface area contributed by atoms with Gasteiger partial charge in [0, 0.05) is 6.54 Å². The molecule has 20 heavy (non-hydrogen) atoms. The second kappa shape index (κ2) is 4.90. The lowest BCUT2D eigenvalue weighted by Crippen LogP contribution is -2.41. The number of hydrogen-bond donors (Lipinski definition) is 4. The predicted molar refractivity (Wildman–Crippen MR) is 77.2 cm³/mol. The number of anilines is 2. The fraction of sp³-hybridized carbons (Fsp3) is 0.615. The van der Waals surface area contributed by atoms with E-state index < -0.39 is 5.60 Å². The van der Waals surface area contributed by atoms with Gasteiger partial charge in [0.2, 0.25) is 5.95 Å². The molecule has 0 spiro atoms. The summed E-state index contributed by atoms with van der Waals surface area (Å²) in [5, 5.41) is 13.8. The third-order valence-corrected chi connectivity index (χ3v) is 3.96. The number of nitrogens with one attached hydrogen (secondary N) is 2. The van der Waals surface area contributed by atoms with E-state index >= 15 is 0 Å². The molecule has 2 atom stereocenters.